The van der Waals surface area contributed by atoms with Crippen LogP contribution in [0.15, 0.2) is 46.6 Å². The monoisotopic (exact) mass is 298 g/mol. The third-order valence-corrected chi connectivity index (χ3v) is 4.78. The van der Waals surface area contributed by atoms with Crippen LogP contribution in [0.2, 0.25) is 0 Å². The summed E-state index contributed by atoms with van der Waals surface area (Å²) in [6.07, 6.45) is 1.04. The van der Waals surface area contributed by atoms with E-state index in [1.807, 2.05) is 31.3 Å². The molecule has 3 nitrogen and oxygen atoms in total. The lowest BCUT2D eigenvalue weighted by molar-refractivity contribution is 0.905. The molecule has 2 aromatic heterocycles. The van der Waals surface area contributed by atoms with Gasteiger partial charge >= 0.3 is 0 Å². The first-order valence-electron chi connectivity index (χ1n) is 7.08. The minimum absolute atomic E-state index is 0.0121. The summed E-state index contributed by atoms with van der Waals surface area (Å²) >= 11 is 1.76. The first kappa shape index (κ1) is 13.9. The van der Waals surface area contributed by atoms with Crippen LogP contribution in [-0.4, -0.2) is 4.57 Å². The van der Waals surface area contributed by atoms with Crippen LogP contribution in [0, 0.1) is 0 Å². The second-order valence-electron chi connectivity index (χ2n) is 5.05. The minimum atomic E-state index is 0.0121. The van der Waals surface area contributed by atoms with E-state index >= 15 is 0 Å². The summed E-state index contributed by atoms with van der Waals surface area (Å²) in [7, 11) is 1.81. The number of aromatic nitrogens is 1. The Bertz CT molecular complexity index is 832. The number of nitrogens with one attached hydrogen (secondary N) is 1. The smallest absolute Gasteiger partial charge is 0.252 e. The lowest BCUT2D eigenvalue weighted by atomic mass is 10.1. The van der Waals surface area contributed by atoms with Gasteiger partial charge in [0.25, 0.3) is 5.56 Å². The maximum atomic E-state index is 12.1. The lowest BCUT2D eigenvalue weighted by Crippen LogP contribution is -2.17. The van der Waals surface area contributed by atoms with Crippen LogP contribution < -0.4 is 10.9 Å². The molecule has 0 atom stereocenters. The van der Waals surface area contributed by atoms with Gasteiger partial charge in [0.05, 0.1) is 5.52 Å². The Labute approximate surface area is 127 Å². The maximum absolute atomic E-state index is 12.1. The van der Waals surface area contributed by atoms with Crippen molar-refractivity contribution in [2.45, 2.75) is 19.9 Å². The SMILES string of the molecule is CCc1ccsc1CNc1cc(=O)n(C)c2ccccc12. The molecule has 0 radical (unpaired) electrons. The van der Waals surface area contributed by atoms with Gasteiger partial charge in [-0.2, -0.15) is 0 Å². The number of pyridine rings is 1. The molecule has 108 valence electrons. The first-order chi connectivity index (χ1) is 10.2. The Morgan fingerprint density at radius 3 is 2.86 bits per heavy atom. The summed E-state index contributed by atoms with van der Waals surface area (Å²) in [5, 5.41) is 6.63. The normalized spacial score (nSPS) is 11.0. The number of para-hydroxylation sites is 1. The van der Waals surface area contributed by atoms with Crippen LogP contribution in [0.1, 0.15) is 17.4 Å². The highest BCUT2D eigenvalue weighted by Gasteiger charge is 2.07. The molecule has 3 rings (SSSR count). The van der Waals surface area contributed by atoms with E-state index < -0.39 is 0 Å². The molecule has 0 spiro atoms. The number of nitrogens with zero attached hydrogens (tertiary/aromatic N) is 1. The van der Waals surface area contributed by atoms with E-state index in [0.29, 0.717) is 0 Å². The number of thiophene rings is 1. The van der Waals surface area contributed by atoms with E-state index in [2.05, 4.69) is 23.7 Å². The Balaban J connectivity index is 1.98. The summed E-state index contributed by atoms with van der Waals surface area (Å²) in [6.45, 7) is 2.93. The van der Waals surface area contributed by atoms with Crippen LogP contribution in [-0.2, 0) is 20.0 Å². The van der Waals surface area contributed by atoms with Crippen molar-refractivity contribution >= 4 is 27.9 Å². The summed E-state index contributed by atoms with van der Waals surface area (Å²) in [6, 6.07) is 11.8. The molecule has 0 amide bonds. The predicted octanol–water partition coefficient (Wildman–Crippen LogP) is 3.77. The summed E-state index contributed by atoms with van der Waals surface area (Å²) in [4.78, 5) is 13.4. The minimum Gasteiger partial charge on any atom is -0.379 e. The lowest BCUT2D eigenvalue weighted by Gasteiger charge is -2.12. The molecule has 1 aromatic carbocycles. The van der Waals surface area contributed by atoms with Crippen LogP contribution in [0.5, 0.6) is 0 Å². The summed E-state index contributed by atoms with van der Waals surface area (Å²) in [5.41, 5.74) is 3.25. The zero-order valence-corrected chi connectivity index (χ0v) is 13.0. The third kappa shape index (κ3) is 2.59. The molecule has 0 unspecified atom stereocenters. The molecule has 0 aliphatic carbocycles. The molecule has 0 aliphatic rings. The largest absolute Gasteiger partial charge is 0.379 e. The quantitative estimate of drug-likeness (QED) is 0.795. The number of aryl methyl sites for hydroxylation is 2. The Morgan fingerprint density at radius 2 is 2.05 bits per heavy atom. The number of rotatable bonds is 4. The Hall–Kier alpha value is -2.07. The number of anilines is 1. The molecule has 0 aliphatic heterocycles. The Kier molecular flexibility index (Phi) is 3.80. The number of hydrogen-bond donors (Lipinski definition) is 1. The fraction of sp³-hybridized carbons (Fsp3) is 0.235. The average Bonchev–Trinajstić information content (AvgIpc) is 2.97. The van der Waals surface area contributed by atoms with Crippen molar-refractivity contribution in [2.24, 2.45) is 7.05 Å². The molecule has 0 saturated heterocycles. The van der Waals surface area contributed by atoms with Crippen molar-refractivity contribution in [3.8, 4) is 0 Å². The van der Waals surface area contributed by atoms with Crippen molar-refractivity contribution in [2.75, 3.05) is 5.32 Å². The Morgan fingerprint density at radius 1 is 1.24 bits per heavy atom. The van der Waals surface area contributed by atoms with Crippen molar-refractivity contribution in [1.82, 2.24) is 4.57 Å². The molecular formula is C17H18N2OS. The fourth-order valence-electron chi connectivity index (χ4n) is 2.57. The highest BCUT2D eigenvalue weighted by atomic mass is 32.1. The van der Waals surface area contributed by atoms with Crippen LogP contribution in [0.25, 0.3) is 10.9 Å². The predicted molar refractivity (Wildman–Crippen MR) is 90.2 cm³/mol. The standard InChI is InChI=1S/C17H18N2OS/c1-3-12-8-9-21-16(12)11-18-14-10-17(20)19(2)15-7-5-4-6-13(14)15/h4-10,18H,3,11H2,1-2H3. The molecular weight excluding hydrogens is 280 g/mol. The molecule has 3 aromatic rings. The number of hydrogen-bond acceptors (Lipinski definition) is 3. The summed E-state index contributed by atoms with van der Waals surface area (Å²) in [5.74, 6) is 0. The molecule has 1 N–H and O–H groups in total. The average molecular weight is 298 g/mol. The van der Waals surface area contributed by atoms with Gasteiger partial charge < -0.3 is 9.88 Å². The van der Waals surface area contributed by atoms with Crippen molar-refractivity contribution in [1.29, 1.82) is 0 Å². The van der Waals surface area contributed by atoms with Gasteiger partial charge in [-0.05, 0) is 29.5 Å². The third-order valence-electron chi connectivity index (χ3n) is 3.81. The van der Waals surface area contributed by atoms with E-state index in [1.165, 1.54) is 10.4 Å². The van der Waals surface area contributed by atoms with E-state index in [9.17, 15) is 4.79 Å². The van der Waals surface area contributed by atoms with Gasteiger partial charge in [-0.25, -0.2) is 0 Å². The van der Waals surface area contributed by atoms with Crippen LogP contribution in [0.4, 0.5) is 5.69 Å². The zero-order valence-electron chi connectivity index (χ0n) is 12.2. The highest BCUT2D eigenvalue weighted by molar-refractivity contribution is 7.10. The van der Waals surface area contributed by atoms with E-state index in [-0.39, 0.29) is 5.56 Å². The topological polar surface area (TPSA) is 34.0 Å². The van der Waals surface area contributed by atoms with Crippen molar-refractivity contribution in [3.63, 3.8) is 0 Å². The van der Waals surface area contributed by atoms with E-state index in [1.54, 1.807) is 22.0 Å². The fourth-order valence-corrected chi connectivity index (χ4v) is 3.49. The molecule has 0 bridgehead atoms. The second kappa shape index (κ2) is 5.74. The van der Waals surface area contributed by atoms with Crippen LogP contribution >= 0.6 is 11.3 Å². The molecule has 0 saturated carbocycles. The molecule has 21 heavy (non-hydrogen) atoms. The van der Waals surface area contributed by atoms with Gasteiger partial charge in [-0.3, -0.25) is 4.79 Å². The molecule has 0 fully saturated rings. The van der Waals surface area contributed by atoms with Gasteiger partial charge in [-0.1, -0.05) is 25.1 Å². The van der Waals surface area contributed by atoms with Gasteiger partial charge in [-0.15, -0.1) is 11.3 Å². The van der Waals surface area contributed by atoms with Gasteiger partial charge in [0, 0.05) is 35.6 Å². The summed E-state index contributed by atoms with van der Waals surface area (Å²) < 4.78 is 1.68. The van der Waals surface area contributed by atoms with Gasteiger partial charge in [0.1, 0.15) is 0 Å². The highest BCUT2D eigenvalue weighted by Crippen LogP contribution is 2.23. The van der Waals surface area contributed by atoms with Crippen LogP contribution in [0.3, 0.4) is 0 Å². The van der Waals surface area contributed by atoms with Gasteiger partial charge in [0.15, 0.2) is 0 Å². The molecule has 4 heteroatoms. The maximum Gasteiger partial charge on any atom is 0.252 e. The number of fused-ring (bicyclic) bond motifs is 1. The van der Waals surface area contributed by atoms with E-state index in [0.717, 1.165) is 29.6 Å². The number of benzene rings is 1. The second-order valence-corrected chi connectivity index (χ2v) is 6.05. The first-order valence-corrected chi connectivity index (χ1v) is 7.96. The van der Waals surface area contributed by atoms with Crippen molar-refractivity contribution < 1.29 is 0 Å². The molecule has 2 heterocycles. The van der Waals surface area contributed by atoms with Gasteiger partial charge in [0.2, 0.25) is 0 Å². The van der Waals surface area contributed by atoms with E-state index in [4.69, 9.17) is 0 Å². The van der Waals surface area contributed by atoms with Crippen molar-refractivity contribution in [3.05, 3.63) is 62.6 Å². The zero-order chi connectivity index (χ0) is 14.8.